The van der Waals surface area contributed by atoms with Crippen molar-refractivity contribution < 1.29 is 14.3 Å². The Hall–Kier alpha value is -2.26. The van der Waals surface area contributed by atoms with Gasteiger partial charge in [-0.3, -0.25) is 20.2 Å². The SMILES string of the molecule is Cc1nc(/C(Cl)=C/c2oc([N+](=O)[O-])cc2[N+](=O)[O-])cs1. The Labute approximate surface area is 120 Å². The van der Waals surface area contributed by atoms with Gasteiger partial charge < -0.3 is 4.42 Å². The first-order valence-electron chi connectivity index (χ1n) is 5.11. The van der Waals surface area contributed by atoms with Crippen molar-refractivity contribution in [1.29, 1.82) is 0 Å². The molecule has 0 N–H and O–H groups in total. The highest BCUT2D eigenvalue weighted by Gasteiger charge is 2.26. The van der Waals surface area contributed by atoms with Crippen LogP contribution < -0.4 is 0 Å². The maximum atomic E-state index is 10.8. The van der Waals surface area contributed by atoms with Crippen molar-refractivity contribution in [3.8, 4) is 0 Å². The summed E-state index contributed by atoms with van der Waals surface area (Å²) in [6, 6.07) is 0.738. The molecule has 0 fully saturated rings. The molecule has 0 radical (unpaired) electrons. The summed E-state index contributed by atoms with van der Waals surface area (Å²) >= 11 is 7.33. The molecule has 10 heteroatoms. The second-order valence-corrected chi connectivity index (χ2v) is 5.06. The predicted molar refractivity (Wildman–Crippen MR) is 72.6 cm³/mol. The first kappa shape index (κ1) is 14.2. The van der Waals surface area contributed by atoms with Crippen molar-refractivity contribution in [1.82, 2.24) is 4.98 Å². The third-order valence-corrected chi connectivity index (χ3v) is 3.30. The zero-order valence-corrected chi connectivity index (χ0v) is 11.5. The number of nitrogens with zero attached hydrogens (tertiary/aromatic N) is 3. The van der Waals surface area contributed by atoms with E-state index in [1.165, 1.54) is 11.3 Å². The van der Waals surface area contributed by atoms with E-state index in [-0.39, 0.29) is 10.8 Å². The normalized spacial score (nSPS) is 11.6. The summed E-state index contributed by atoms with van der Waals surface area (Å²) in [5.74, 6) is -1.01. The topological polar surface area (TPSA) is 112 Å². The third kappa shape index (κ3) is 2.83. The predicted octanol–water partition coefficient (Wildman–Crippen LogP) is 3.60. The fraction of sp³-hybridized carbons (Fsp3) is 0.100. The van der Waals surface area contributed by atoms with Gasteiger partial charge in [0.25, 0.3) is 0 Å². The van der Waals surface area contributed by atoms with E-state index >= 15 is 0 Å². The summed E-state index contributed by atoms with van der Waals surface area (Å²) in [6.45, 7) is 1.78. The number of nitro groups is 2. The Morgan fingerprint density at radius 1 is 1.45 bits per heavy atom. The molecule has 0 saturated heterocycles. The van der Waals surface area contributed by atoms with Crippen molar-refractivity contribution in [3.63, 3.8) is 0 Å². The van der Waals surface area contributed by atoms with Gasteiger partial charge in [-0.1, -0.05) is 11.6 Å². The standard InChI is InChI=1S/C10H6ClN3O5S/c1-5-12-7(4-20-5)6(11)2-9-8(13(15)16)3-10(19-9)14(17)18/h2-4H,1H3/b6-2-. The second-order valence-electron chi connectivity index (χ2n) is 3.59. The highest BCUT2D eigenvalue weighted by molar-refractivity contribution is 7.09. The van der Waals surface area contributed by atoms with E-state index in [0.29, 0.717) is 5.69 Å². The summed E-state index contributed by atoms with van der Waals surface area (Å²) in [4.78, 5) is 23.9. The smallest absolute Gasteiger partial charge is 0.394 e. The van der Waals surface area contributed by atoms with Gasteiger partial charge in [-0.15, -0.1) is 11.3 Å². The number of hydrogen-bond donors (Lipinski definition) is 0. The van der Waals surface area contributed by atoms with E-state index in [1.54, 1.807) is 12.3 Å². The summed E-state index contributed by atoms with van der Waals surface area (Å²) in [5, 5.41) is 23.9. The van der Waals surface area contributed by atoms with Crippen LogP contribution in [0.5, 0.6) is 0 Å². The average Bonchev–Trinajstić information content (AvgIpc) is 2.95. The van der Waals surface area contributed by atoms with Crippen molar-refractivity contribution in [2.45, 2.75) is 6.92 Å². The lowest BCUT2D eigenvalue weighted by Gasteiger charge is -1.92. The first-order chi connectivity index (χ1) is 9.38. The van der Waals surface area contributed by atoms with Crippen LogP contribution in [-0.4, -0.2) is 14.8 Å². The van der Waals surface area contributed by atoms with Crippen LogP contribution in [0, 0.1) is 27.2 Å². The number of halogens is 1. The van der Waals surface area contributed by atoms with Gasteiger partial charge >= 0.3 is 11.6 Å². The molecule has 2 aromatic rings. The summed E-state index contributed by atoms with van der Waals surface area (Å²) in [6.07, 6.45) is 1.14. The number of thiazole rings is 1. The van der Waals surface area contributed by atoms with Crippen molar-refractivity contribution in [2.75, 3.05) is 0 Å². The Balaban J connectivity index is 2.46. The van der Waals surface area contributed by atoms with Crippen molar-refractivity contribution in [3.05, 3.63) is 48.1 Å². The van der Waals surface area contributed by atoms with Crippen LogP contribution >= 0.6 is 22.9 Å². The quantitative estimate of drug-likeness (QED) is 0.629. The highest BCUT2D eigenvalue weighted by atomic mass is 35.5. The lowest BCUT2D eigenvalue weighted by atomic mass is 10.3. The van der Waals surface area contributed by atoms with Crippen molar-refractivity contribution >= 4 is 45.6 Å². The van der Waals surface area contributed by atoms with Gasteiger partial charge in [0.15, 0.2) is 0 Å². The van der Waals surface area contributed by atoms with Crippen LogP contribution in [-0.2, 0) is 0 Å². The minimum atomic E-state index is -0.856. The van der Waals surface area contributed by atoms with E-state index in [2.05, 4.69) is 4.98 Å². The summed E-state index contributed by atoms with van der Waals surface area (Å²) in [7, 11) is 0. The van der Waals surface area contributed by atoms with E-state index in [9.17, 15) is 20.2 Å². The van der Waals surface area contributed by atoms with Crippen molar-refractivity contribution in [2.24, 2.45) is 0 Å². The van der Waals surface area contributed by atoms with E-state index in [4.69, 9.17) is 16.0 Å². The number of hydrogen-bond acceptors (Lipinski definition) is 7. The minimum absolute atomic E-state index is 0.0988. The van der Waals surface area contributed by atoms with Gasteiger partial charge in [0, 0.05) is 11.5 Å². The Morgan fingerprint density at radius 3 is 2.65 bits per heavy atom. The molecule has 0 bridgehead atoms. The minimum Gasteiger partial charge on any atom is -0.394 e. The summed E-state index contributed by atoms with van der Waals surface area (Å²) < 4.78 is 4.81. The number of aryl methyl sites for hydroxylation is 1. The Bertz CT molecular complexity index is 720. The van der Waals surface area contributed by atoms with Gasteiger partial charge in [0.05, 0.1) is 20.7 Å². The van der Waals surface area contributed by atoms with Crippen LogP contribution in [0.4, 0.5) is 11.6 Å². The second kappa shape index (κ2) is 5.39. The van der Waals surface area contributed by atoms with Gasteiger partial charge in [0.1, 0.15) is 11.0 Å². The first-order valence-corrected chi connectivity index (χ1v) is 6.36. The molecule has 0 aromatic carbocycles. The zero-order valence-electron chi connectivity index (χ0n) is 9.90. The lowest BCUT2D eigenvalue weighted by molar-refractivity contribution is -0.402. The molecular weight excluding hydrogens is 310 g/mol. The zero-order chi connectivity index (χ0) is 14.9. The largest absolute Gasteiger partial charge is 0.440 e. The van der Waals surface area contributed by atoms with Gasteiger partial charge in [-0.05, 0) is 6.92 Å². The van der Waals surface area contributed by atoms with E-state index in [1.807, 2.05) is 0 Å². The molecule has 2 aromatic heterocycles. The molecule has 0 unspecified atom stereocenters. The molecular formula is C10H6ClN3O5S. The third-order valence-electron chi connectivity index (χ3n) is 2.23. The van der Waals surface area contributed by atoms with Crippen LogP contribution in [0.25, 0.3) is 11.1 Å². The molecule has 0 saturated carbocycles. The molecule has 8 nitrogen and oxygen atoms in total. The van der Waals surface area contributed by atoms with Gasteiger partial charge in [-0.2, -0.15) is 0 Å². The van der Waals surface area contributed by atoms with E-state index < -0.39 is 21.4 Å². The number of rotatable bonds is 4. The summed E-state index contributed by atoms with van der Waals surface area (Å²) in [5.41, 5.74) is -0.107. The maximum absolute atomic E-state index is 10.8. The highest BCUT2D eigenvalue weighted by Crippen LogP contribution is 2.32. The molecule has 2 heterocycles. The number of furan rings is 1. The molecule has 0 aliphatic heterocycles. The van der Waals surface area contributed by atoms with Crippen LogP contribution in [0.1, 0.15) is 16.5 Å². The van der Waals surface area contributed by atoms with Gasteiger partial charge in [-0.25, -0.2) is 4.98 Å². The Kier molecular flexibility index (Phi) is 3.81. The maximum Gasteiger partial charge on any atom is 0.440 e. The molecule has 2 rings (SSSR count). The molecule has 0 spiro atoms. The number of aromatic nitrogens is 1. The van der Waals surface area contributed by atoms with Gasteiger partial charge in [0.2, 0.25) is 5.76 Å². The Morgan fingerprint density at radius 2 is 2.15 bits per heavy atom. The molecule has 0 aliphatic rings. The molecule has 0 amide bonds. The van der Waals surface area contributed by atoms with Crippen LogP contribution in [0.2, 0.25) is 0 Å². The fourth-order valence-electron chi connectivity index (χ4n) is 1.38. The van der Waals surface area contributed by atoms with Crippen LogP contribution in [0.3, 0.4) is 0 Å². The molecule has 20 heavy (non-hydrogen) atoms. The fourth-order valence-corrected chi connectivity index (χ4v) is 2.25. The monoisotopic (exact) mass is 315 g/mol. The lowest BCUT2D eigenvalue weighted by Crippen LogP contribution is -1.87. The molecule has 0 atom stereocenters. The molecule has 0 aliphatic carbocycles. The van der Waals surface area contributed by atoms with E-state index in [0.717, 1.165) is 17.2 Å². The van der Waals surface area contributed by atoms with Crippen LogP contribution in [0.15, 0.2) is 15.9 Å². The molecule has 104 valence electrons. The average molecular weight is 316 g/mol.